The normalized spacial score (nSPS) is 14.8. The van der Waals surface area contributed by atoms with E-state index in [-0.39, 0.29) is 11.7 Å². The summed E-state index contributed by atoms with van der Waals surface area (Å²) in [6.07, 6.45) is 0. The molecule has 3 aromatic rings. The van der Waals surface area contributed by atoms with Gasteiger partial charge in [-0.2, -0.15) is 0 Å². The zero-order valence-corrected chi connectivity index (χ0v) is 16.1. The van der Waals surface area contributed by atoms with Crippen molar-refractivity contribution in [2.75, 3.05) is 36.8 Å². The van der Waals surface area contributed by atoms with Crippen LogP contribution in [-0.4, -0.2) is 42.0 Å². The molecule has 2 aromatic heterocycles. The van der Waals surface area contributed by atoms with Crippen LogP contribution in [0, 0.1) is 19.7 Å². The number of hydrogen-bond donors (Lipinski definition) is 1. The number of fused-ring (bicyclic) bond motifs is 1. The predicted molar refractivity (Wildman–Crippen MR) is 108 cm³/mol. The van der Waals surface area contributed by atoms with Crippen LogP contribution in [0.1, 0.15) is 20.9 Å². The molecule has 1 aromatic carbocycles. The van der Waals surface area contributed by atoms with Gasteiger partial charge in [0.2, 0.25) is 0 Å². The Bertz CT molecular complexity index is 1010. The predicted octanol–water partition coefficient (Wildman–Crippen LogP) is 3.60. The first-order valence-electron chi connectivity index (χ1n) is 8.90. The number of pyridine rings is 1. The van der Waals surface area contributed by atoms with Gasteiger partial charge in [-0.05, 0) is 49.7 Å². The second-order valence-electron chi connectivity index (χ2n) is 6.86. The lowest BCUT2D eigenvalue weighted by Gasteiger charge is -2.36. The summed E-state index contributed by atoms with van der Waals surface area (Å²) in [6.45, 7) is 6.57. The number of nitrogens with two attached hydrogens (primary N) is 1. The molecule has 0 atom stereocenters. The number of nitrogens with zero attached hydrogens (tertiary/aromatic N) is 3. The minimum atomic E-state index is -0.244. The number of thiophene rings is 1. The zero-order valence-electron chi connectivity index (χ0n) is 15.3. The first-order chi connectivity index (χ1) is 12.9. The van der Waals surface area contributed by atoms with Crippen molar-refractivity contribution in [1.29, 1.82) is 0 Å². The van der Waals surface area contributed by atoms with Gasteiger partial charge in [-0.1, -0.05) is 0 Å². The molecule has 0 spiro atoms. The van der Waals surface area contributed by atoms with Crippen LogP contribution in [0.2, 0.25) is 0 Å². The minimum absolute atomic E-state index is 0.0358. The average Bonchev–Trinajstić information content (AvgIpc) is 2.98. The van der Waals surface area contributed by atoms with Gasteiger partial charge in [0.1, 0.15) is 15.5 Å². The number of carbonyl (C=O) groups excluding carboxylic acids is 1. The van der Waals surface area contributed by atoms with Crippen molar-refractivity contribution in [3.8, 4) is 0 Å². The van der Waals surface area contributed by atoms with Crippen LogP contribution in [-0.2, 0) is 0 Å². The van der Waals surface area contributed by atoms with Gasteiger partial charge < -0.3 is 15.5 Å². The highest BCUT2D eigenvalue weighted by Gasteiger charge is 2.26. The van der Waals surface area contributed by atoms with E-state index in [9.17, 15) is 9.18 Å². The molecule has 2 N–H and O–H groups in total. The van der Waals surface area contributed by atoms with Crippen molar-refractivity contribution >= 4 is 38.8 Å². The Balaban J connectivity index is 1.53. The van der Waals surface area contributed by atoms with Crippen LogP contribution in [0.4, 0.5) is 15.8 Å². The quantitative estimate of drug-likeness (QED) is 0.733. The van der Waals surface area contributed by atoms with Gasteiger partial charge in [0.05, 0.1) is 5.69 Å². The first kappa shape index (κ1) is 17.7. The lowest BCUT2D eigenvalue weighted by molar-refractivity contribution is 0.0752. The number of halogens is 1. The fraction of sp³-hybridized carbons (Fsp3) is 0.300. The van der Waals surface area contributed by atoms with Crippen LogP contribution < -0.4 is 10.6 Å². The van der Waals surface area contributed by atoms with Crippen molar-refractivity contribution in [2.45, 2.75) is 13.8 Å². The molecule has 1 aliphatic heterocycles. The molecule has 7 heteroatoms. The maximum Gasteiger partial charge on any atom is 0.266 e. The van der Waals surface area contributed by atoms with E-state index in [0.717, 1.165) is 27.2 Å². The molecule has 1 aliphatic rings. The Morgan fingerprint density at radius 1 is 1.15 bits per heavy atom. The smallest absolute Gasteiger partial charge is 0.266 e. The van der Waals surface area contributed by atoms with Crippen LogP contribution in [0.3, 0.4) is 0 Å². The standard InChI is InChI=1S/C20H21FN4OS/c1-12-11-13(2)23-19-16(12)17(22)18(27-19)20(26)25-9-7-24(8-10-25)15-5-3-14(21)4-6-15/h3-6,11H,7-10,22H2,1-2H3. The average molecular weight is 384 g/mol. The van der Waals surface area contributed by atoms with E-state index in [1.165, 1.54) is 23.5 Å². The molecule has 1 fully saturated rings. The topological polar surface area (TPSA) is 62.5 Å². The molecular weight excluding hydrogens is 363 g/mol. The Hall–Kier alpha value is -2.67. The monoisotopic (exact) mass is 384 g/mol. The number of aromatic nitrogens is 1. The summed E-state index contributed by atoms with van der Waals surface area (Å²) in [6, 6.07) is 8.45. The molecule has 0 unspecified atom stereocenters. The first-order valence-corrected chi connectivity index (χ1v) is 9.71. The van der Waals surface area contributed by atoms with Gasteiger partial charge in [0.25, 0.3) is 5.91 Å². The highest BCUT2D eigenvalue weighted by atomic mass is 32.1. The van der Waals surface area contributed by atoms with Gasteiger partial charge in [-0.25, -0.2) is 9.37 Å². The van der Waals surface area contributed by atoms with Crippen LogP contribution in [0.25, 0.3) is 10.2 Å². The fourth-order valence-electron chi connectivity index (χ4n) is 3.59. The van der Waals surface area contributed by atoms with E-state index in [0.29, 0.717) is 36.7 Å². The third kappa shape index (κ3) is 3.23. The van der Waals surface area contributed by atoms with Crippen LogP contribution >= 0.6 is 11.3 Å². The summed E-state index contributed by atoms with van der Waals surface area (Å²) < 4.78 is 13.1. The number of carbonyl (C=O) groups is 1. The maximum atomic E-state index is 13.1. The maximum absolute atomic E-state index is 13.1. The highest BCUT2D eigenvalue weighted by molar-refractivity contribution is 7.21. The number of piperazine rings is 1. The molecule has 0 radical (unpaired) electrons. The molecule has 0 bridgehead atoms. The number of rotatable bonds is 2. The number of aryl methyl sites for hydroxylation is 2. The zero-order chi connectivity index (χ0) is 19.1. The van der Waals surface area contributed by atoms with Crippen LogP contribution in [0.15, 0.2) is 30.3 Å². The van der Waals surface area contributed by atoms with Gasteiger partial charge in [-0.3, -0.25) is 4.79 Å². The molecule has 0 saturated carbocycles. The van der Waals surface area contributed by atoms with Crippen molar-refractivity contribution in [2.24, 2.45) is 0 Å². The third-order valence-electron chi connectivity index (χ3n) is 4.98. The number of hydrogen-bond acceptors (Lipinski definition) is 5. The van der Waals surface area contributed by atoms with Crippen molar-refractivity contribution in [3.63, 3.8) is 0 Å². The molecule has 3 heterocycles. The van der Waals surface area contributed by atoms with Crippen molar-refractivity contribution in [1.82, 2.24) is 9.88 Å². The Morgan fingerprint density at radius 2 is 1.81 bits per heavy atom. The van der Waals surface area contributed by atoms with E-state index in [2.05, 4.69) is 9.88 Å². The Morgan fingerprint density at radius 3 is 2.48 bits per heavy atom. The number of benzene rings is 1. The third-order valence-corrected chi connectivity index (χ3v) is 6.06. The summed E-state index contributed by atoms with van der Waals surface area (Å²) in [4.78, 5) is 23.0. The lowest BCUT2D eigenvalue weighted by Crippen LogP contribution is -2.48. The molecule has 0 aliphatic carbocycles. The molecular formula is C20H21FN4OS. The molecule has 1 amide bonds. The van der Waals surface area contributed by atoms with E-state index in [1.807, 2.05) is 24.8 Å². The summed E-state index contributed by atoms with van der Waals surface area (Å²) >= 11 is 1.37. The SMILES string of the molecule is Cc1cc(C)c2c(N)c(C(=O)N3CCN(c4ccc(F)cc4)CC3)sc2n1. The highest BCUT2D eigenvalue weighted by Crippen LogP contribution is 2.36. The molecule has 27 heavy (non-hydrogen) atoms. The molecule has 4 rings (SSSR count). The van der Waals surface area contributed by atoms with Crippen LogP contribution in [0.5, 0.6) is 0 Å². The van der Waals surface area contributed by atoms with E-state index >= 15 is 0 Å². The fourth-order valence-corrected chi connectivity index (χ4v) is 4.78. The minimum Gasteiger partial charge on any atom is -0.397 e. The second kappa shape index (κ2) is 6.81. The van der Waals surface area contributed by atoms with E-state index < -0.39 is 0 Å². The number of anilines is 2. The summed E-state index contributed by atoms with van der Waals surface area (Å²) in [5, 5.41) is 0.888. The Kier molecular flexibility index (Phi) is 4.47. The largest absolute Gasteiger partial charge is 0.397 e. The summed E-state index contributed by atoms with van der Waals surface area (Å²) in [5.41, 5.74) is 9.78. The summed E-state index contributed by atoms with van der Waals surface area (Å²) in [7, 11) is 0. The second-order valence-corrected chi connectivity index (χ2v) is 7.86. The van der Waals surface area contributed by atoms with E-state index in [1.54, 1.807) is 12.1 Å². The molecule has 5 nitrogen and oxygen atoms in total. The van der Waals surface area contributed by atoms with Gasteiger partial charge in [0, 0.05) is 42.9 Å². The molecule has 140 valence electrons. The molecule has 1 saturated heterocycles. The van der Waals surface area contributed by atoms with Gasteiger partial charge >= 0.3 is 0 Å². The van der Waals surface area contributed by atoms with Crippen molar-refractivity contribution < 1.29 is 9.18 Å². The Labute approximate surface area is 161 Å². The summed E-state index contributed by atoms with van der Waals surface area (Å²) in [5.74, 6) is -0.279. The van der Waals surface area contributed by atoms with Crippen molar-refractivity contribution in [3.05, 3.63) is 52.3 Å². The number of nitrogen functional groups attached to an aromatic ring is 1. The van der Waals surface area contributed by atoms with E-state index in [4.69, 9.17) is 5.73 Å². The number of amides is 1. The van der Waals surface area contributed by atoms with Gasteiger partial charge in [0.15, 0.2) is 0 Å². The van der Waals surface area contributed by atoms with Gasteiger partial charge in [-0.15, -0.1) is 11.3 Å². The lowest BCUT2D eigenvalue weighted by atomic mass is 10.1.